The highest BCUT2D eigenvalue weighted by molar-refractivity contribution is 5.91. The molecule has 0 spiro atoms. The zero-order valence-electron chi connectivity index (χ0n) is 20.2. The Bertz CT molecular complexity index is 1080. The first kappa shape index (κ1) is 25.7. The number of esters is 1. The van der Waals surface area contributed by atoms with E-state index in [1.54, 1.807) is 20.8 Å². The van der Waals surface area contributed by atoms with Gasteiger partial charge in [-0.1, -0.05) is 69.3 Å². The molecule has 3 rings (SSSR count). The summed E-state index contributed by atoms with van der Waals surface area (Å²) in [6, 6.07) is 13.2. The number of hydrogen-bond acceptors (Lipinski definition) is 6. The first-order valence-electron chi connectivity index (χ1n) is 11.2. The minimum Gasteiger partial charge on any atom is -0.480 e. The van der Waals surface area contributed by atoms with Crippen LogP contribution in [0.15, 0.2) is 48.5 Å². The van der Waals surface area contributed by atoms with E-state index in [0.29, 0.717) is 0 Å². The van der Waals surface area contributed by atoms with Gasteiger partial charge in [0.05, 0.1) is 13.5 Å². The SMILES string of the molecule is COC(=O)C[C@H](NC(=O)[C@H](NC(=O)OCC1c2ccccc2-c2ccccc21)C(C)(C)C)C(=O)O. The molecule has 186 valence electrons. The van der Waals surface area contributed by atoms with Crippen molar-refractivity contribution in [2.45, 2.75) is 45.2 Å². The quantitative estimate of drug-likeness (QED) is 0.493. The number of carbonyl (C=O) groups is 4. The molecule has 9 nitrogen and oxygen atoms in total. The largest absolute Gasteiger partial charge is 0.480 e. The van der Waals surface area contributed by atoms with Crippen molar-refractivity contribution >= 4 is 23.9 Å². The minimum atomic E-state index is -1.50. The summed E-state index contributed by atoms with van der Waals surface area (Å²) in [6.07, 6.45) is -1.35. The van der Waals surface area contributed by atoms with E-state index in [2.05, 4.69) is 15.4 Å². The highest BCUT2D eigenvalue weighted by Gasteiger charge is 2.36. The van der Waals surface area contributed by atoms with Crippen molar-refractivity contribution in [3.8, 4) is 11.1 Å². The smallest absolute Gasteiger partial charge is 0.407 e. The molecule has 0 saturated heterocycles. The molecular formula is C26H30N2O7. The van der Waals surface area contributed by atoms with Crippen molar-refractivity contribution in [1.82, 2.24) is 10.6 Å². The fraction of sp³-hybridized carbons (Fsp3) is 0.385. The molecule has 0 unspecified atom stereocenters. The number of benzene rings is 2. The highest BCUT2D eigenvalue weighted by atomic mass is 16.5. The summed E-state index contributed by atoms with van der Waals surface area (Å²) in [7, 11) is 1.12. The molecule has 1 aliphatic rings. The van der Waals surface area contributed by atoms with E-state index in [-0.39, 0.29) is 12.5 Å². The van der Waals surface area contributed by atoms with E-state index in [0.717, 1.165) is 29.4 Å². The van der Waals surface area contributed by atoms with E-state index in [4.69, 9.17) is 4.74 Å². The predicted octanol–water partition coefficient (Wildman–Crippen LogP) is 3.07. The van der Waals surface area contributed by atoms with Gasteiger partial charge in [0.15, 0.2) is 0 Å². The van der Waals surface area contributed by atoms with Gasteiger partial charge in [-0.15, -0.1) is 0 Å². The molecule has 0 radical (unpaired) electrons. The van der Waals surface area contributed by atoms with Crippen molar-refractivity contribution in [2.24, 2.45) is 5.41 Å². The summed E-state index contributed by atoms with van der Waals surface area (Å²) in [6.45, 7) is 5.23. The zero-order chi connectivity index (χ0) is 25.8. The van der Waals surface area contributed by atoms with Gasteiger partial charge in [-0.3, -0.25) is 9.59 Å². The molecule has 2 aromatic carbocycles. The number of nitrogens with one attached hydrogen (secondary N) is 2. The third kappa shape index (κ3) is 5.98. The van der Waals surface area contributed by atoms with Crippen molar-refractivity contribution < 1.29 is 33.8 Å². The molecule has 0 fully saturated rings. The van der Waals surface area contributed by atoms with Crippen molar-refractivity contribution in [2.75, 3.05) is 13.7 Å². The Morgan fingerprint density at radius 3 is 1.97 bits per heavy atom. The van der Waals surface area contributed by atoms with Gasteiger partial charge in [-0.05, 0) is 27.7 Å². The van der Waals surface area contributed by atoms with E-state index >= 15 is 0 Å². The molecule has 0 bridgehead atoms. The van der Waals surface area contributed by atoms with Crippen LogP contribution in [0.2, 0.25) is 0 Å². The summed E-state index contributed by atoms with van der Waals surface area (Å²) >= 11 is 0. The molecule has 2 atom stereocenters. The third-order valence-corrected chi connectivity index (χ3v) is 5.95. The van der Waals surface area contributed by atoms with Crippen LogP contribution in [0.25, 0.3) is 11.1 Å². The number of rotatable bonds is 8. The van der Waals surface area contributed by atoms with Gasteiger partial charge in [0, 0.05) is 5.92 Å². The monoisotopic (exact) mass is 482 g/mol. The van der Waals surface area contributed by atoms with Crippen LogP contribution >= 0.6 is 0 Å². The molecule has 0 aliphatic heterocycles. The Hall–Kier alpha value is -3.88. The molecule has 2 aromatic rings. The Balaban J connectivity index is 1.69. The second-order valence-electron chi connectivity index (χ2n) is 9.45. The molecule has 1 aliphatic carbocycles. The maximum Gasteiger partial charge on any atom is 0.407 e. The lowest BCUT2D eigenvalue weighted by Gasteiger charge is -2.31. The molecule has 35 heavy (non-hydrogen) atoms. The number of carboxylic acid groups (broad SMARTS) is 1. The summed E-state index contributed by atoms with van der Waals surface area (Å²) < 4.78 is 10.0. The standard InChI is InChI=1S/C26H30N2O7/c1-26(2,3)22(23(30)27-20(24(31)32)13-21(29)34-4)28-25(33)35-14-19-17-11-7-5-9-15(17)16-10-6-8-12-18(16)19/h5-12,19-20,22H,13-14H2,1-4H3,(H,27,30)(H,28,33)(H,31,32)/t20-,22-/m0/s1. The number of hydrogen-bond donors (Lipinski definition) is 3. The second-order valence-corrected chi connectivity index (χ2v) is 9.45. The van der Waals surface area contributed by atoms with Gasteiger partial charge in [0.2, 0.25) is 5.91 Å². The first-order chi connectivity index (χ1) is 16.5. The number of alkyl carbamates (subject to hydrolysis) is 1. The van der Waals surface area contributed by atoms with Gasteiger partial charge < -0.3 is 25.2 Å². The lowest BCUT2D eigenvalue weighted by molar-refractivity contribution is -0.149. The number of aliphatic carboxylic acids is 1. The van der Waals surface area contributed by atoms with E-state index in [9.17, 15) is 24.3 Å². The third-order valence-electron chi connectivity index (χ3n) is 5.95. The molecule has 9 heteroatoms. The fourth-order valence-corrected chi connectivity index (χ4v) is 4.14. The normalized spacial score (nSPS) is 14.2. The minimum absolute atomic E-state index is 0.0679. The second kappa shape index (κ2) is 10.6. The molecule has 0 heterocycles. The molecule has 2 amide bonds. The summed E-state index contributed by atoms with van der Waals surface area (Å²) in [5.41, 5.74) is 3.52. The van der Waals surface area contributed by atoms with Crippen LogP contribution < -0.4 is 10.6 Å². The van der Waals surface area contributed by atoms with Crippen LogP contribution in [-0.2, 0) is 23.9 Å². The topological polar surface area (TPSA) is 131 Å². The van der Waals surface area contributed by atoms with Crippen LogP contribution in [-0.4, -0.2) is 54.8 Å². The van der Waals surface area contributed by atoms with E-state index in [1.165, 1.54) is 0 Å². The first-order valence-corrected chi connectivity index (χ1v) is 11.2. The number of fused-ring (bicyclic) bond motifs is 3. The summed E-state index contributed by atoms with van der Waals surface area (Å²) in [4.78, 5) is 48.6. The molecule has 0 aromatic heterocycles. The number of ether oxygens (including phenoxy) is 2. The summed E-state index contributed by atoms with van der Waals surface area (Å²) in [5, 5.41) is 14.2. The van der Waals surface area contributed by atoms with Crippen LogP contribution in [0.4, 0.5) is 4.79 Å². The van der Waals surface area contributed by atoms with Gasteiger partial charge in [-0.2, -0.15) is 0 Å². The highest BCUT2D eigenvalue weighted by Crippen LogP contribution is 2.44. The van der Waals surface area contributed by atoms with Gasteiger partial charge in [0.25, 0.3) is 0 Å². The fourth-order valence-electron chi connectivity index (χ4n) is 4.14. The Morgan fingerprint density at radius 1 is 0.943 bits per heavy atom. The van der Waals surface area contributed by atoms with Crippen molar-refractivity contribution in [1.29, 1.82) is 0 Å². The number of amides is 2. The Kier molecular flexibility index (Phi) is 7.78. The molecule has 3 N–H and O–H groups in total. The average Bonchev–Trinajstić information content (AvgIpc) is 3.13. The van der Waals surface area contributed by atoms with E-state index < -0.39 is 47.9 Å². The number of carboxylic acids is 1. The van der Waals surface area contributed by atoms with Gasteiger partial charge >= 0.3 is 18.0 Å². The van der Waals surface area contributed by atoms with Crippen molar-refractivity contribution in [3.05, 3.63) is 59.7 Å². The number of carbonyl (C=O) groups excluding carboxylic acids is 3. The maximum atomic E-state index is 12.9. The van der Waals surface area contributed by atoms with Crippen LogP contribution in [0.5, 0.6) is 0 Å². The van der Waals surface area contributed by atoms with Crippen LogP contribution in [0.1, 0.15) is 44.2 Å². The zero-order valence-corrected chi connectivity index (χ0v) is 20.2. The Morgan fingerprint density at radius 2 is 1.49 bits per heavy atom. The maximum absolute atomic E-state index is 12.9. The van der Waals surface area contributed by atoms with Gasteiger partial charge in [-0.25, -0.2) is 9.59 Å². The number of methoxy groups -OCH3 is 1. The predicted molar refractivity (Wildman–Crippen MR) is 128 cm³/mol. The Labute approximate surface area is 203 Å². The van der Waals surface area contributed by atoms with E-state index in [1.807, 2.05) is 48.5 Å². The molecular weight excluding hydrogens is 452 g/mol. The van der Waals surface area contributed by atoms with Crippen LogP contribution in [0.3, 0.4) is 0 Å². The average molecular weight is 483 g/mol. The molecule has 0 saturated carbocycles. The lowest BCUT2D eigenvalue weighted by atomic mass is 9.86. The lowest BCUT2D eigenvalue weighted by Crippen LogP contribution is -2.57. The summed E-state index contributed by atoms with van der Waals surface area (Å²) in [5.74, 6) is -3.07. The van der Waals surface area contributed by atoms with Crippen LogP contribution in [0, 0.1) is 5.41 Å². The van der Waals surface area contributed by atoms with Crippen molar-refractivity contribution in [3.63, 3.8) is 0 Å². The van der Waals surface area contributed by atoms with Gasteiger partial charge in [0.1, 0.15) is 18.7 Å².